The zero-order valence-electron chi connectivity index (χ0n) is 26.0. The first kappa shape index (κ1) is 33.8. The number of methoxy groups -OCH3 is 1. The maximum atomic E-state index is 14.1. The minimum Gasteiger partial charge on any atom is -0.490 e. The number of allylic oxidation sites excluding steroid dienone is 1. The van der Waals surface area contributed by atoms with Crippen molar-refractivity contribution >= 4 is 35.3 Å². The second-order valence-corrected chi connectivity index (χ2v) is 10.6. The van der Waals surface area contributed by atoms with E-state index in [0.717, 1.165) is 11.3 Å². The van der Waals surface area contributed by atoms with Crippen LogP contribution in [0.4, 0.5) is 0 Å². The number of hydrogen-bond acceptors (Lipinski definition) is 12. The first-order chi connectivity index (χ1) is 22.1. The van der Waals surface area contributed by atoms with E-state index in [1.165, 1.54) is 11.7 Å². The van der Waals surface area contributed by atoms with Gasteiger partial charge in [-0.05, 0) is 69.2 Å². The molecule has 1 N–H and O–H groups in total. The fraction of sp³-hybridized carbons (Fsp3) is 0.344. The molecule has 4 rings (SSSR count). The molecule has 244 valence electrons. The Morgan fingerprint density at radius 3 is 2.20 bits per heavy atom. The van der Waals surface area contributed by atoms with Crippen molar-refractivity contribution in [3.63, 3.8) is 0 Å². The number of ether oxygens (including phenoxy) is 6. The fourth-order valence-corrected chi connectivity index (χ4v) is 5.72. The summed E-state index contributed by atoms with van der Waals surface area (Å²) in [5.41, 5.74) is 1.29. The summed E-state index contributed by atoms with van der Waals surface area (Å²) in [5.74, 6) is -1.16. The molecule has 0 fully saturated rings. The molecule has 3 aromatic rings. The van der Waals surface area contributed by atoms with Gasteiger partial charge in [-0.15, -0.1) is 0 Å². The molecule has 0 aliphatic carbocycles. The molecule has 1 aliphatic rings. The second-order valence-electron chi connectivity index (χ2n) is 9.63. The van der Waals surface area contributed by atoms with Gasteiger partial charge in [0.05, 0.1) is 48.8 Å². The van der Waals surface area contributed by atoms with E-state index in [0.29, 0.717) is 44.3 Å². The minimum atomic E-state index is -1.13. The van der Waals surface area contributed by atoms with Crippen molar-refractivity contribution in [1.29, 1.82) is 0 Å². The maximum Gasteiger partial charge on any atom is 0.343 e. The zero-order chi connectivity index (χ0) is 33.4. The lowest BCUT2D eigenvalue weighted by Crippen LogP contribution is -2.40. The van der Waals surface area contributed by atoms with Crippen molar-refractivity contribution < 1.29 is 47.9 Å². The molecule has 13 nitrogen and oxygen atoms in total. The SMILES string of the molecule is CCOC(=O)C1=C(C)N=c2s/c(=C\c3ccc(OCC(=O)O)c(OCC)c3)c(=O)n2[C@@H]1c1ccc(OCC(=O)OC)c(OCC)c1. The molecule has 0 bridgehead atoms. The maximum absolute atomic E-state index is 14.1. The van der Waals surface area contributed by atoms with Crippen molar-refractivity contribution in [3.8, 4) is 23.0 Å². The molecule has 2 heterocycles. The van der Waals surface area contributed by atoms with E-state index < -0.39 is 36.1 Å². The number of carboxylic acid groups (broad SMARTS) is 1. The summed E-state index contributed by atoms with van der Waals surface area (Å²) in [5, 5.41) is 8.99. The van der Waals surface area contributed by atoms with E-state index in [-0.39, 0.29) is 36.9 Å². The Bertz CT molecular complexity index is 1840. The van der Waals surface area contributed by atoms with E-state index in [2.05, 4.69) is 9.73 Å². The van der Waals surface area contributed by atoms with Crippen LogP contribution in [0, 0.1) is 0 Å². The molecule has 1 aliphatic heterocycles. The quantitative estimate of drug-likeness (QED) is 0.255. The number of carbonyl (C=O) groups is 3. The van der Waals surface area contributed by atoms with E-state index in [1.54, 1.807) is 70.2 Å². The Morgan fingerprint density at radius 2 is 1.57 bits per heavy atom. The van der Waals surface area contributed by atoms with Crippen LogP contribution < -0.4 is 33.8 Å². The highest BCUT2D eigenvalue weighted by molar-refractivity contribution is 7.07. The van der Waals surface area contributed by atoms with Crippen LogP contribution in [0.5, 0.6) is 23.0 Å². The average molecular weight is 655 g/mol. The van der Waals surface area contributed by atoms with Crippen molar-refractivity contribution in [2.75, 3.05) is 40.1 Å². The topological polar surface area (TPSA) is 161 Å². The van der Waals surface area contributed by atoms with E-state index in [1.807, 2.05) is 0 Å². The number of nitrogens with zero attached hydrogens (tertiary/aromatic N) is 2. The third-order valence-electron chi connectivity index (χ3n) is 6.59. The lowest BCUT2D eigenvalue weighted by molar-refractivity contribution is -0.143. The van der Waals surface area contributed by atoms with Gasteiger partial charge in [0, 0.05) is 0 Å². The van der Waals surface area contributed by atoms with Gasteiger partial charge in [0.25, 0.3) is 5.56 Å². The number of hydrogen-bond donors (Lipinski definition) is 1. The summed E-state index contributed by atoms with van der Waals surface area (Å²) >= 11 is 1.14. The predicted molar refractivity (Wildman–Crippen MR) is 166 cm³/mol. The first-order valence-corrected chi connectivity index (χ1v) is 15.2. The smallest absolute Gasteiger partial charge is 0.343 e. The number of benzene rings is 2. The van der Waals surface area contributed by atoms with Crippen LogP contribution in [0.1, 0.15) is 44.9 Å². The van der Waals surface area contributed by atoms with Crippen LogP contribution in [-0.2, 0) is 23.9 Å². The third kappa shape index (κ3) is 7.57. The zero-order valence-corrected chi connectivity index (χ0v) is 26.8. The Hall–Kier alpha value is -5.11. The van der Waals surface area contributed by atoms with Gasteiger partial charge < -0.3 is 33.5 Å². The van der Waals surface area contributed by atoms with Gasteiger partial charge in [-0.2, -0.15) is 0 Å². The van der Waals surface area contributed by atoms with E-state index in [9.17, 15) is 19.2 Å². The van der Waals surface area contributed by atoms with Crippen LogP contribution in [0.15, 0.2) is 57.5 Å². The number of thiazole rings is 1. The third-order valence-corrected chi connectivity index (χ3v) is 7.57. The number of aromatic nitrogens is 1. The van der Waals surface area contributed by atoms with Gasteiger partial charge in [0.2, 0.25) is 0 Å². The lowest BCUT2D eigenvalue weighted by Gasteiger charge is -2.25. The predicted octanol–water partition coefficient (Wildman–Crippen LogP) is 2.61. The Balaban J connectivity index is 1.86. The number of carbonyl (C=O) groups excluding carboxylic acids is 2. The van der Waals surface area contributed by atoms with Crippen molar-refractivity contribution in [1.82, 2.24) is 4.57 Å². The van der Waals surface area contributed by atoms with Crippen LogP contribution in [0.3, 0.4) is 0 Å². The number of carboxylic acids is 1. The molecule has 14 heteroatoms. The fourth-order valence-electron chi connectivity index (χ4n) is 4.68. The normalized spacial score (nSPS) is 14.2. The molecule has 0 radical (unpaired) electrons. The molecule has 1 aromatic heterocycles. The largest absolute Gasteiger partial charge is 0.490 e. The van der Waals surface area contributed by atoms with Crippen molar-refractivity contribution in [3.05, 3.63) is 78.5 Å². The van der Waals surface area contributed by atoms with Crippen molar-refractivity contribution in [2.45, 2.75) is 33.7 Å². The molecule has 0 spiro atoms. The molecule has 46 heavy (non-hydrogen) atoms. The Labute approximate surface area is 267 Å². The average Bonchev–Trinajstić information content (AvgIpc) is 3.33. The van der Waals surface area contributed by atoms with Crippen LogP contribution in [0.2, 0.25) is 0 Å². The molecular formula is C32H34N2O11S. The van der Waals surface area contributed by atoms with Gasteiger partial charge in [0.15, 0.2) is 41.0 Å². The molecule has 1 atom stereocenters. The highest BCUT2D eigenvalue weighted by Gasteiger charge is 2.34. The monoisotopic (exact) mass is 654 g/mol. The second kappa shape index (κ2) is 15.3. The number of rotatable bonds is 14. The minimum absolute atomic E-state index is 0.117. The van der Waals surface area contributed by atoms with Crippen LogP contribution >= 0.6 is 11.3 Å². The van der Waals surface area contributed by atoms with E-state index in [4.69, 9.17) is 28.8 Å². The molecule has 2 aromatic carbocycles. The Kier molecular flexibility index (Phi) is 11.2. The molecular weight excluding hydrogens is 620 g/mol. The van der Waals surface area contributed by atoms with Crippen LogP contribution in [0.25, 0.3) is 6.08 Å². The van der Waals surface area contributed by atoms with Gasteiger partial charge >= 0.3 is 17.9 Å². The molecule has 0 amide bonds. The Morgan fingerprint density at radius 1 is 0.913 bits per heavy atom. The number of aliphatic carboxylic acids is 1. The van der Waals surface area contributed by atoms with Crippen LogP contribution in [-0.4, -0.2) is 67.7 Å². The number of esters is 2. The van der Waals surface area contributed by atoms with Gasteiger partial charge in [-0.25, -0.2) is 19.4 Å². The summed E-state index contributed by atoms with van der Waals surface area (Å²) in [6, 6.07) is 8.90. The molecule has 0 unspecified atom stereocenters. The summed E-state index contributed by atoms with van der Waals surface area (Å²) in [4.78, 5) is 55.0. The summed E-state index contributed by atoms with van der Waals surface area (Å²) in [6.45, 7) is 6.77. The molecule has 0 saturated heterocycles. The number of fused-ring (bicyclic) bond motifs is 1. The first-order valence-electron chi connectivity index (χ1n) is 14.4. The van der Waals surface area contributed by atoms with Crippen molar-refractivity contribution in [2.24, 2.45) is 4.99 Å². The highest BCUT2D eigenvalue weighted by Crippen LogP contribution is 2.36. The summed E-state index contributed by atoms with van der Waals surface area (Å²) in [7, 11) is 1.25. The highest BCUT2D eigenvalue weighted by atomic mass is 32.1. The summed E-state index contributed by atoms with van der Waals surface area (Å²) in [6.07, 6.45) is 1.66. The standard InChI is InChI=1S/C32H34N2O11S/c1-6-41-23-13-19(9-11-21(23)44-16-26(35)36)14-25-30(38)34-29(28(31(39)43-8-3)18(4)33-32(34)46-25)20-10-12-22(24(15-20)42-7-2)45-17-27(37)40-5/h9-15,29H,6-8,16-17H2,1-5H3,(H,35,36)/b25-14-/t29-/m1/s1. The van der Waals surface area contributed by atoms with Gasteiger partial charge in [0.1, 0.15) is 0 Å². The van der Waals surface area contributed by atoms with Gasteiger partial charge in [-0.3, -0.25) is 9.36 Å². The van der Waals surface area contributed by atoms with Gasteiger partial charge in [-0.1, -0.05) is 23.5 Å². The lowest BCUT2D eigenvalue weighted by atomic mass is 9.95. The summed E-state index contributed by atoms with van der Waals surface area (Å²) < 4.78 is 34.2. The molecule has 0 saturated carbocycles. The van der Waals surface area contributed by atoms with E-state index >= 15 is 0 Å².